The number of benzene rings is 2. The highest BCUT2D eigenvalue weighted by molar-refractivity contribution is 5.35. The number of aryl methyl sites for hydroxylation is 2. The van der Waals surface area contributed by atoms with Gasteiger partial charge in [0.05, 0.1) is 0 Å². The van der Waals surface area contributed by atoms with Gasteiger partial charge in [0.1, 0.15) is 0 Å². The Balaban J connectivity index is 0.000000260. The lowest BCUT2D eigenvalue weighted by atomic mass is 9.93. The molecule has 0 unspecified atom stereocenters. The molecule has 0 N–H and O–H groups in total. The third-order valence-electron chi connectivity index (χ3n) is 5.17. The molecule has 0 aliphatic rings. The molecule has 0 bridgehead atoms. The van der Waals surface area contributed by atoms with E-state index in [-0.39, 0.29) is 0 Å². The highest BCUT2D eigenvalue weighted by Crippen LogP contribution is 2.24. The summed E-state index contributed by atoms with van der Waals surface area (Å²) in [6, 6.07) is 13.7. The monoisotopic (exact) mass is 352 g/mol. The van der Waals surface area contributed by atoms with Crippen molar-refractivity contribution < 1.29 is 0 Å². The Kier molecular flexibility index (Phi) is 8.60. The molecular formula is C26H40. The van der Waals surface area contributed by atoms with Crippen LogP contribution in [0.4, 0.5) is 0 Å². The van der Waals surface area contributed by atoms with E-state index in [0.29, 0.717) is 23.7 Å². The van der Waals surface area contributed by atoms with Crippen LogP contribution in [-0.4, -0.2) is 0 Å². The smallest absolute Gasteiger partial charge is 0.0216 e. The van der Waals surface area contributed by atoms with E-state index in [2.05, 4.69) is 106 Å². The SMILES string of the molecule is Cc1cc(C(C)C)ccc1C(C)C.Cc1cc(C(C)C)ccc1C(C)C. The number of hydrogen-bond acceptors (Lipinski definition) is 0. The Labute approximate surface area is 163 Å². The van der Waals surface area contributed by atoms with Gasteiger partial charge in [0.15, 0.2) is 0 Å². The first-order valence-corrected chi connectivity index (χ1v) is 10.2. The van der Waals surface area contributed by atoms with Gasteiger partial charge in [-0.25, -0.2) is 0 Å². The average Bonchev–Trinajstić information content (AvgIpc) is 2.54. The maximum Gasteiger partial charge on any atom is -0.0216 e. The minimum Gasteiger partial charge on any atom is -0.0587 e. The molecule has 0 aliphatic carbocycles. The van der Waals surface area contributed by atoms with Gasteiger partial charge in [0.25, 0.3) is 0 Å². The molecule has 0 radical (unpaired) electrons. The van der Waals surface area contributed by atoms with Crippen molar-refractivity contribution in [2.24, 2.45) is 0 Å². The van der Waals surface area contributed by atoms with Crippen molar-refractivity contribution in [1.82, 2.24) is 0 Å². The van der Waals surface area contributed by atoms with E-state index >= 15 is 0 Å². The van der Waals surface area contributed by atoms with Crippen molar-refractivity contribution in [3.8, 4) is 0 Å². The normalized spacial score (nSPS) is 11.3. The molecule has 0 aliphatic heterocycles. The molecule has 144 valence electrons. The summed E-state index contributed by atoms with van der Waals surface area (Å²) in [7, 11) is 0. The van der Waals surface area contributed by atoms with Crippen LogP contribution >= 0.6 is 0 Å². The lowest BCUT2D eigenvalue weighted by molar-refractivity contribution is 0.835. The Bertz CT molecular complexity index is 626. The minimum atomic E-state index is 0.639. The second kappa shape index (κ2) is 9.95. The van der Waals surface area contributed by atoms with Gasteiger partial charge in [0.2, 0.25) is 0 Å². The first kappa shape index (κ1) is 22.5. The summed E-state index contributed by atoms with van der Waals surface area (Å²) in [6.45, 7) is 22.4. The van der Waals surface area contributed by atoms with Crippen molar-refractivity contribution in [3.05, 3.63) is 69.8 Å². The van der Waals surface area contributed by atoms with Crippen molar-refractivity contribution >= 4 is 0 Å². The van der Waals surface area contributed by atoms with Crippen LogP contribution in [0.5, 0.6) is 0 Å². The first-order valence-electron chi connectivity index (χ1n) is 10.2. The molecule has 0 fully saturated rings. The van der Waals surface area contributed by atoms with Crippen LogP contribution in [0.2, 0.25) is 0 Å². The van der Waals surface area contributed by atoms with E-state index in [9.17, 15) is 0 Å². The van der Waals surface area contributed by atoms with Crippen LogP contribution in [0.15, 0.2) is 36.4 Å². The van der Waals surface area contributed by atoms with Gasteiger partial charge in [-0.15, -0.1) is 0 Å². The predicted molar refractivity (Wildman–Crippen MR) is 119 cm³/mol. The largest absolute Gasteiger partial charge is 0.0587 e. The molecule has 26 heavy (non-hydrogen) atoms. The zero-order valence-electron chi connectivity index (χ0n) is 18.8. The van der Waals surface area contributed by atoms with Gasteiger partial charge in [0, 0.05) is 0 Å². The van der Waals surface area contributed by atoms with Crippen molar-refractivity contribution in [2.75, 3.05) is 0 Å². The molecule has 0 heteroatoms. The zero-order chi connectivity index (χ0) is 20.0. The summed E-state index contributed by atoms with van der Waals surface area (Å²) in [5.41, 5.74) is 8.71. The topological polar surface area (TPSA) is 0 Å². The van der Waals surface area contributed by atoms with Gasteiger partial charge in [-0.2, -0.15) is 0 Å². The summed E-state index contributed by atoms with van der Waals surface area (Å²) >= 11 is 0. The summed E-state index contributed by atoms with van der Waals surface area (Å²) < 4.78 is 0. The van der Waals surface area contributed by atoms with Crippen molar-refractivity contribution in [3.63, 3.8) is 0 Å². The highest BCUT2D eigenvalue weighted by Gasteiger charge is 2.06. The molecule has 0 atom stereocenters. The fourth-order valence-corrected chi connectivity index (χ4v) is 3.41. The molecule has 0 saturated heterocycles. The third-order valence-corrected chi connectivity index (χ3v) is 5.17. The predicted octanol–water partition coefficient (Wildman–Crippen LogP) is 8.48. The standard InChI is InChI=1S/2C13H20/c2*1-9(2)12-6-7-13(10(3)4)11(5)8-12/h2*6-10H,1-5H3. The van der Waals surface area contributed by atoms with E-state index in [1.54, 1.807) is 0 Å². The van der Waals surface area contributed by atoms with Gasteiger partial charge < -0.3 is 0 Å². The summed E-state index contributed by atoms with van der Waals surface area (Å²) in [6.07, 6.45) is 0. The fraction of sp³-hybridized carbons (Fsp3) is 0.538. The molecule has 0 amide bonds. The average molecular weight is 353 g/mol. The molecule has 0 saturated carbocycles. The zero-order valence-corrected chi connectivity index (χ0v) is 18.8. The summed E-state index contributed by atoms with van der Waals surface area (Å²) in [5.74, 6) is 2.56. The number of rotatable bonds is 4. The molecular weight excluding hydrogens is 312 g/mol. The Morgan fingerprint density at radius 1 is 0.462 bits per heavy atom. The van der Waals surface area contributed by atoms with Crippen LogP contribution in [0, 0.1) is 13.8 Å². The van der Waals surface area contributed by atoms with Gasteiger partial charge in [-0.05, 0) is 70.9 Å². The van der Waals surface area contributed by atoms with Crippen molar-refractivity contribution in [1.29, 1.82) is 0 Å². The maximum atomic E-state index is 2.32. The van der Waals surface area contributed by atoms with E-state index in [4.69, 9.17) is 0 Å². The quantitative estimate of drug-likeness (QED) is 0.517. The molecule has 2 rings (SSSR count). The van der Waals surface area contributed by atoms with Crippen LogP contribution in [0.3, 0.4) is 0 Å². The molecule has 2 aromatic carbocycles. The van der Waals surface area contributed by atoms with Crippen molar-refractivity contribution in [2.45, 2.75) is 92.9 Å². The second-order valence-corrected chi connectivity index (χ2v) is 8.85. The molecule has 0 spiro atoms. The molecule has 0 aromatic heterocycles. The number of hydrogen-bond donors (Lipinski definition) is 0. The molecule has 0 heterocycles. The lowest BCUT2D eigenvalue weighted by Gasteiger charge is -2.13. The van der Waals surface area contributed by atoms with Crippen LogP contribution in [0.1, 0.15) is 112 Å². The summed E-state index contributed by atoms with van der Waals surface area (Å²) in [5, 5.41) is 0. The fourth-order valence-electron chi connectivity index (χ4n) is 3.41. The highest BCUT2D eigenvalue weighted by atomic mass is 14.1. The van der Waals surface area contributed by atoms with Gasteiger partial charge >= 0.3 is 0 Å². The van der Waals surface area contributed by atoms with Crippen LogP contribution in [-0.2, 0) is 0 Å². The van der Waals surface area contributed by atoms with E-state index < -0.39 is 0 Å². The van der Waals surface area contributed by atoms with Gasteiger partial charge in [-0.3, -0.25) is 0 Å². The minimum absolute atomic E-state index is 0.639. The van der Waals surface area contributed by atoms with Crippen LogP contribution < -0.4 is 0 Å². The molecule has 0 nitrogen and oxygen atoms in total. The first-order chi connectivity index (χ1) is 12.0. The third kappa shape index (κ3) is 6.31. The Hall–Kier alpha value is -1.56. The maximum absolute atomic E-state index is 2.32. The lowest BCUT2D eigenvalue weighted by Crippen LogP contribution is -1.95. The Morgan fingerprint density at radius 3 is 0.962 bits per heavy atom. The van der Waals surface area contributed by atoms with E-state index in [1.807, 2.05) is 0 Å². The van der Waals surface area contributed by atoms with Gasteiger partial charge in [-0.1, -0.05) is 91.8 Å². The van der Waals surface area contributed by atoms with E-state index in [1.165, 1.54) is 33.4 Å². The molecule has 2 aromatic rings. The Morgan fingerprint density at radius 2 is 0.769 bits per heavy atom. The van der Waals surface area contributed by atoms with Crippen LogP contribution in [0.25, 0.3) is 0 Å². The summed E-state index contributed by atoms with van der Waals surface area (Å²) in [4.78, 5) is 0. The van der Waals surface area contributed by atoms with E-state index in [0.717, 1.165) is 0 Å². The second-order valence-electron chi connectivity index (χ2n) is 8.85.